The van der Waals surface area contributed by atoms with E-state index in [1.165, 1.54) is 43.4 Å². The molecule has 148 valence electrons. The van der Waals surface area contributed by atoms with E-state index in [0.717, 1.165) is 0 Å². The number of carbonyl (C=O) groups excluding carboxylic acids is 2. The second kappa shape index (κ2) is 8.57. The molecular formula is C21H19N3O4S. The Morgan fingerprint density at radius 2 is 1.38 bits per heavy atom. The average molecular weight is 409 g/mol. The largest absolute Gasteiger partial charge is 0.355 e. The number of sulfonamides is 1. The van der Waals surface area contributed by atoms with Gasteiger partial charge in [-0.3, -0.25) is 14.3 Å². The minimum absolute atomic E-state index is 0.146. The first kappa shape index (κ1) is 20.1. The Balaban J connectivity index is 1.74. The summed E-state index contributed by atoms with van der Waals surface area (Å²) < 4.78 is 27.2. The van der Waals surface area contributed by atoms with Crippen molar-refractivity contribution >= 4 is 33.2 Å². The van der Waals surface area contributed by atoms with Gasteiger partial charge in [-0.2, -0.15) is 0 Å². The molecule has 29 heavy (non-hydrogen) atoms. The summed E-state index contributed by atoms with van der Waals surface area (Å²) in [5, 5.41) is 5.22. The summed E-state index contributed by atoms with van der Waals surface area (Å²) in [5.41, 5.74) is 1.37. The molecule has 0 bridgehead atoms. The maximum absolute atomic E-state index is 12.5. The molecule has 0 atom stereocenters. The number of anilines is 2. The predicted molar refractivity (Wildman–Crippen MR) is 111 cm³/mol. The molecule has 0 saturated heterocycles. The van der Waals surface area contributed by atoms with Crippen LogP contribution >= 0.6 is 0 Å². The average Bonchev–Trinajstić information content (AvgIpc) is 2.74. The Bertz CT molecular complexity index is 1130. The SMILES string of the molecule is CNC(=O)c1ccccc1NC(=O)c1ccc(NS(=O)(=O)c2ccccc2)cc1. The summed E-state index contributed by atoms with van der Waals surface area (Å²) in [6.07, 6.45) is 0. The first-order valence-electron chi connectivity index (χ1n) is 8.71. The van der Waals surface area contributed by atoms with E-state index < -0.39 is 15.9 Å². The van der Waals surface area contributed by atoms with Crippen molar-refractivity contribution in [2.24, 2.45) is 0 Å². The molecule has 0 saturated carbocycles. The first-order valence-corrected chi connectivity index (χ1v) is 10.2. The van der Waals surface area contributed by atoms with Crippen LogP contribution in [0.3, 0.4) is 0 Å². The third-order valence-electron chi connectivity index (χ3n) is 4.10. The molecule has 0 fully saturated rings. The van der Waals surface area contributed by atoms with Gasteiger partial charge in [0.1, 0.15) is 0 Å². The Kier molecular flexibility index (Phi) is 5.94. The van der Waals surface area contributed by atoms with E-state index >= 15 is 0 Å². The molecule has 0 heterocycles. The predicted octanol–water partition coefficient (Wildman–Crippen LogP) is 3.10. The lowest BCUT2D eigenvalue weighted by atomic mass is 10.1. The number of rotatable bonds is 6. The second-order valence-electron chi connectivity index (χ2n) is 6.07. The van der Waals surface area contributed by atoms with Gasteiger partial charge in [-0.1, -0.05) is 30.3 Å². The molecule has 0 unspecified atom stereocenters. The van der Waals surface area contributed by atoms with Crippen LogP contribution in [0.4, 0.5) is 11.4 Å². The van der Waals surface area contributed by atoms with Gasteiger partial charge in [0.15, 0.2) is 0 Å². The third-order valence-corrected chi connectivity index (χ3v) is 5.50. The molecule has 3 N–H and O–H groups in total. The number of hydrogen-bond donors (Lipinski definition) is 3. The minimum Gasteiger partial charge on any atom is -0.355 e. The van der Waals surface area contributed by atoms with E-state index in [2.05, 4.69) is 15.4 Å². The molecule has 0 aliphatic carbocycles. The smallest absolute Gasteiger partial charge is 0.261 e. The fourth-order valence-electron chi connectivity index (χ4n) is 2.62. The fraction of sp³-hybridized carbons (Fsp3) is 0.0476. The number of amides is 2. The molecule has 0 radical (unpaired) electrons. The fourth-order valence-corrected chi connectivity index (χ4v) is 3.70. The molecular weight excluding hydrogens is 390 g/mol. The molecule has 0 aromatic heterocycles. The van der Waals surface area contributed by atoms with Crippen LogP contribution in [-0.2, 0) is 10.0 Å². The van der Waals surface area contributed by atoms with Crippen LogP contribution in [0.2, 0.25) is 0 Å². The summed E-state index contributed by atoms with van der Waals surface area (Å²) in [5.74, 6) is -0.731. The van der Waals surface area contributed by atoms with E-state index in [4.69, 9.17) is 0 Å². The molecule has 3 aromatic carbocycles. The van der Waals surface area contributed by atoms with Crippen molar-refractivity contribution in [2.45, 2.75) is 4.90 Å². The van der Waals surface area contributed by atoms with E-state index in [-0.39, 0.29) is 10.8 Å². The lowest BCUT2D eigenvalue weighted by Gasteiger charge is -2.11. The molecule has 8 heteroatoms. The summed E-state index contributed by atoms with van der Waals surface area (Å²) in [7, 11) is -2.20. The standard InChI is InChI=1S/C21H19N3O4S/c1-22-21(26)18-9-5-6-10-19(18)23-20(25)15-11-13-16(14-12-15)24-29(27,28)17-7-3-2-4-8-17/h2-14,24H,1H3,(H,22,26)(H,23,25). The van der Waals surface area contributed by atoms with Gasteiger partial charge in [-0.25, -0.2) is 8.42 Å². The van der Waals surface area contributed by atoms with Gasteiger partial charge < -0.3 is 10.6 Å². The zero-order chi connectivity index (χ0) is 20.9. The van der Waals surface area contributed by atoms with Crippen molar-refractivity contribution < 1.29 is 18.0 Å². The lowest BCUT2D eigenvalue weighted by molar-refractivity contribution is 0.0964. The van der Waals surface area contributed by atoms with Gasteiger partial charge in [0.05, 0.1) is 16.1 Å². The van der Waals surface area contributed by atoms with Crippen LogP contribution in [0.1, 0.15) is 20.7 Å². The van der Waals surface area contributed by atoms with Crippen molar-refractivity contribution in [3.8, 4) is 0 Å². The Morgan fingerprint density at radius 1 is 0.759 bits per heavy atom. The summed E-state index contributed by atoms with van der Waals surface area (Å²) >= 11 is 0. The van der Waals surface area contributed by atoms with Crippen LogP contribution in [0.5, 0.6) is 0 Å². The van der Waals surface area contributed by atoms with Gasteiger partial charge in [0.25, 0.3) is 21.8 Å². The minimum atomic E-state index is -3.71. The Hall–Kier alpha value is -3.65. The second-order valence-corrected chi connectivity index (χ2v) is 7.76. The Labute approximate surface area is 168 Å². The molecule has 7 nitrogen and oxygen atoms in total. The van der Waals surface area contributed by atoms with Gasteiger partial charge in [0, 0.05) is 18.3 Å². The van der Waals surface area contributed by atoms with Crippen molar-refractivity contribution in [3.63, 3.8) is 0 Å². The van der Waals surface area contributed by atoms with Gasteiger partial charge in [-0.15, -0.1) is 0 Å². The van der Waals surface area contributed by atoms with Crippen LogP contribution in [-0.4, -0.2) is 27.3 Å². The number of nitrogens with one attached hydrogen (secondary N) is 3. The van der Waals surface area contributed by atoms with E-state index in [9.17, 15) is 18.0 Å². The highest BCUT2D eigenvalue weighted by Crippen LogP contribution is 2.19. The van der Waals surface area contributed by atoms with Crippen LogP contribution in [0.25, 0.3) is 0 Å². The van der Waals surface area contributed by atoms with Crippen molar-refractivity contribution in [2.75, 3.05) is 17.1 Å². The highest BCUT2D eigenvalue weighted by molar-refractivity contribution is 7.92. The molecule has 3 aromatic rings. The number of carbonyl (C=O) groups is 2. The van der Waals surface area contributed by atoms with Crippen LogP contribution in [0.15, 0.2) is 83.8 Å². The van der Waals surface area contributed by atoms with Gasteiger partial charge >= 0.3 is 0 Å². The molecule has 0 spiro atoms. The molecule has 0 aliphatic heterocycles. The normalized spacial score (nSPS) is 10.8. The Morgan fingerprint density at radius 3 is 2.03 bits per heavy atom. The lowest BCUT2D eigenvalue weighted by Crippen LogP contribution is -2.21. The summed E-state index contributed by atoms with van der Waals surface area (Å²) in [4.78, 5) is 24.6. The topological polar surface area (TPSA) is 104 Å². The van der Waals surface area contributed by atoms with Gasteiger partial charge in [-0.05, 0) is 48.5 Å². The van der Waals surface area contributed by atoms with Crippen molar-refractivity contribution in [3.05, 3.63) is 90.0 Å². The zero-order valence-corrected chi connectivity index (χ0v) is 16.4. The maximum Gasteiger partial charge on any atom is 0.261 e. The van der Waals surface area contributed by atoms with Gasteiger partial charge in [0.2, 0.25) is 0 Å². The molecule has 0 aliphatic rings. The summed E-state index contributed by atoms with van der Waals surface area (Å²) in [6, 6.07) is 20.6. The quantitative estimate of drug-likeness (QED) is 0.582. The summed E-state index contributed by atoms with van der Waals surface area (Å²) in [6.45, 7) is 0. The highest BCUT2D eigenvalue weighted by atomic mass is 32.2. The van der Waals surface area contributed by atoms with Crippen molar-refractivity contribution in [1.82, 2.24) is 5.32 Å². The van der Waals surface area contributed by atoms with Crippen LogP contribution < -0.4 is 15.4 Å². The van der Waals surface area contributed by atoms with E-state index in [1.807, 2.05) is 0 Å². The van der Waals surface area contributed by atoms with Crippen LogP contribution in [0, 0.1) is 0 Å². The first-order chi connectivity index (χ1) is 13.9. The molecule has 2 amide bonds. The van der Waals surface area contributed by atoms with E-state index in [1.54, 1.807) is 42.5 Å². The monoisotopic (exact) mass is 409 g/mol. The van der Waals surface area contributed by atoms with E-state index in [0.29, 0.717) is 22.5 Å². The molecule has 3 rings (SSSR count). The highest BCUT2D eigenvalue weighted by Gasteiger charge is 2.15. The van der Waals surface area contributed by atoms with Crippen molar-refractivity contribution in [1.29, 1.82) is 0 Å². The number of benzene rings is 3. The zero-order valence-electron chi connectivity index (χ0n) is 15.5. The number of para-hydroxylation sites is 1. The maximum atomic E-state index is 12.5. The third kappa shape index (κ3) is 4.80. The number of hydrogen-bond acceptors (Lipinski definition) is 4.